The molecule has 0 radical (unpaired) electrons. The molecular formula is C21H20N6O2. The maximum atomic E-state index is 11.3. The van der Waals surface area contributed by atoms with Crippen molar-refractivity contribution in [3.63, 3.8) is 0 Å². The second-order valence-electron chi connectivity index (χ2n) is 6.97. The van der Waals surface area contributed by atoms with Crippen LogP contribution in [0, 0.1) is 10.1 Å². The first-order valence-electron chi connectivity index (χ1n) is 9.29. The smallest absolute Gasteiger partial charge is 0.368 e. The van der Waals surface area contributed by atoms with Crippen molar-refractivity contribution < 1.29 is 4.92 Å². The normalized spacial score (nSPS) is 11.1. The number of hydrogen-bond donors (Lipinski definition) is 1. The van der Waals surface area contributed by atoms with Crippen LogP contribution in [-0.2, 0) is 6.54 Å². The summed E-state index contributed by atoms with van der Waals surface area (Å²) in [4.78, 5) is 23.8. The fourth-order valence-electron chi connectivity index (χ4n) is 3.12. The molecule has 4 aromatic rings. The Morgan fingerprint density at radius 2 is 1.93 bits per heavy atom. The van der Waals surface area contributed by atoms with Gasteiger partial charge in [-0.15, -0.1) is 0 Å². The summed E-state index contributed by atoms with van der Waals surface area (Å²) in [5, 5.41) is 14.6. The highest BCUT2D eigenvalue weighted by Crippen LogP contribution is 2.27. The molecule has 29 heavy (non-hydrogen) atoms. The van der Waals surface area contributed by atoms with Crippen molar-refractivity contribution in [1.82, 2.24) is 19.5 Å². The van der Waals surface area contributed by atoms with E-state index < -0.39 is 4.92 Å². The molecule has 0 aliphatic heterocycles. The molecule has 0 amide bonds. The van der Waals surface area contributed by atoms with E-state index in [1.165, 1.54) is 6.07 Å². The Balaban J connectivity index is 1.60. The van der Waals surface area contributed by atoms with E-state index in [9.17, 15) is 10.1 Å². The van der Waals surface area contributed by atoms with Gasteiger partial charge in [0.1, 0.15) is 0 Å². The summed E-state index contributed by atoms with van der Waals surface area (Å²) in [6.45, 7) is 4.48. The fourth-order valence-corrected chi connectivity index (χ4v) is 3.12. The number of nitrogens with one attached hydrogen (secondary N) is 1. The third-order valence-corrected chi connectivity index (χ3v) is 4.66. The summed E-state index contributed by atoms with van der Waals surface area (Å²) in [5.41, 5.74) is 4.71. The van der Waals surface area contributed by atoms with Crippen molar-refractivity contribution in [2.24, 2.45) is 0 Å². The highest BCUT2D eigenvalue weighted by Gasteiger charge is 2.20. The lowest BCUT2D eigenvalue weighted by atomic mass is 10.1. The zero-order valence-electron chi connectivity index (χ0n) is 16.1. The van der Waals surface area contributed by atoms with E-state index in [4.69, 9.17) is 0 Å². The van der Waals surface area contributed by atoms with Gasteiger partial charge in [0.05, 0.1) is 23.8 Å². The minimum absolute atomic E-state index is 0.0986. The maximum Gasteiger partial charge on any atom is 0.368 e. The molecule has 0 bridgehead atoms. The van der Waals surface area contributed by atoms with Crippen molar-refractivity contribution in [3.8, 4) is 11.3 Å². The molecule has 3 heterocycles. The molecule has 1 aromatic carbocycles. The van der Waals surface area contributed by atoms with Crippen molar-refractivity contribution >= 4 is 22.7 Å². The number of nitro groups is 1. The average Bonchev–Trinajstić information content (AvgIpc) is 3.17. The van der Waals surface area contributed by atoms with Crippen molar-refractivity contribution in [3.05, 3.63) is 76.7 Å². The maximum absolute atomic E-state index is 11.3. The molecule has 8 heteroatoms. The summed E-state index contributed by atoms with van der Waals surface area (Å²) in [7, 11) is 0. The van der Waals surface area contributed by atoms with Crippen LogP contribution in [0.1, 0.15) is 25.5 Å². The van der Waals surface area contributed by atoms with Gasteiger partial charge in [-0.25, -0.2) is 4.98 Å². The number of aromatic nitrogens is 4. The number of pyridine rings is 2. The molecule has 0 aliphatic carbocycles. The second kappa shape index (κ2) is 7.67. The summed E-state index contributed by atoms with van der Waals surface area (Å²) in [6, 6.07) is 15.4. The Morgan fingerprint density at radius 1 is 1.14 bits per heavy atom. The summed E-state index contributed by atoms with van der Waals surface area (Å²) >= 11 is 0. The van der Waals surface area contributed by atoms with Gasteiger partial charge in [-0.1, -0.05) is 30.3 Å². The summed E-state index contributed by atoms with van der Waals surface area (Å²) in [5.74, 6) is -0.201. The molecule has 1 N–H and O–H groups in total. The monoisotopic (exact) mass is 388 g/mol. The molecule has 3 aromatic heterocycles. The van der Waals surface area contributed by atoms with E-state index in [-0.39, 0.29) is 11.9 Å². The summed E-state index contributed by atoms with van der Waals surface area (Å²) < 4.78 is 1.83. The number of imidazole rings is 1. The Bertz CT molecular complexity index is 1150. The lowest BCUT2D eigenvalue weighted by Crippen LogP contribution is -2.05. The Labute approximate surface area is 167 Å². The van der Waals surface area contributed by atoms with Crippen LogP contribution in [0.5, 0.6) is 0 Å². The molecule has 8 nitrogen and oxygen atoms in total. The first kappa shape index (κ1) is 18.5. The first-order valence-corrected chi connectivity index (χ1v) is 9.29. The standard InChI is InChI=1S/C21H20N6O2/c1-14(2)26-13-24-20-18(11-19(27(28)29)25-21(20)26)23-12-15-6-8-16(9-7-15)17-5-3-4-10-22-17/h3-11,13-14H,12H2,1-2H3,(H,23,25). The molecule has 4 rings (SSSR count). The fraction of sp³-hybridized carbons (Fsp3) is 0.190. The van der Waals surface area contributed by atoms with Gasteiger partial charge in [0.15, 0.2) is 5.52 Å². The number of nitrogens with zero attached hydrogens (tertiary/aromatic N) is 5. The lowest BCUT2D eigenvalue weighted by molar-refractivity contribution is -0.389. The van der Waals surface area contributed by atoms with Crippen LogP contribution >= 0.6 is 0 Å². The zero-order valence-corrected chi connectivity index (χ0v) is 16.1. The van der Waals surface area contributed by atoms with Crippen LogP contribution in [0.25, 0.3) is 22.4 Å². The third-order valence-electron chi connectivity index (χ3n) is 4.66. The van der Waals surface area contributed by atoms with E-state index in [1.54, 1.807) is 12.5 Å². The zero-order chi connectivity index (χ0) is 20.4. The van der Waals surface area contributed by atoms with Gasteiger partial charge in [0.25, 0.3) is 5.65 Å². The molecule has 0 aliphatic rings. The van der Waals surface area contributed by atoms with Crippen LogP contribution in [0.3, 0.4) is 0 Å². The van der Waals surface area contributed by atoms with E-state index in [0.29, 0.717) is 23.4 Å². The molecule has 0 saturated carbocycles. The molecule has 0 spiro atoms. The molecule has 146 valence electrons. The van der Waals surface area contributed by atoms with Gasteiger partial charge in [-0.05, 0) is 41.5 Å². The Hall–Kier alpha value is -3.81. The molecule has 0 unspecified atom stereocenters. The topological polar surface area (TPSA) is 98.8 Å². The quantitative estimate of drug-likeness (QED) is 0.383. The van der Waals surface area contributed by atoms with Crippen molar-refractivity contribution in [2.75, 3.05) is 5.32 Å². The highest BCUT2D eigenvalue weighted by molar-refractivity contribution is 5.87. The number of rotatable bonds is 6. The molecule has 0 saturated heterocycles. The first-order chi connectivity index (χ1) is 14.0. The number of anilines is 1. The predicted octanol–water partition coefficient (Wildman–Crippen LogP) is 4.59. The van der Waals surface area contributed by atoms with E-state index in [1.807, 2.05) is 60.9 Å². The van der Waals surface area contributed by atoms with Crippen molar-refractivity contribution in [1.29, 1.82) is 0 Å². The van der Waals surface area contributed by atoms with Crippen LogP contribution in [-0.4, -0.2) is 24.4 Å². The van der Waals surface area contributed by atoms with Gasteiger partial charge >= 0.3 is 5.82 Å². The predicted molar refractivity (Wildman–Crippen MR) is 112 cm³/mol. The lowest BCUT2D eigenvalue weighted by Gasteiger charge is -2.09. The van der Waals surface area contributed by atoms with Gasteiger partial charge in [-0.3, -0.25) is 9.55 Å². The number of fused-ring (bicyclic) bond motifs is 1. The molecule has 0 atom stereocenters. The minimum Gasteiger partial charge on any atom is -0.379 e. The SMILES string of the molecule is CC(C)n1cnc2c(NCc3ccc(-c4ccccn4)cc3)cc([N+](=O)[O-])nc21. The minimum atomic E-state index is -0.482. The van der Waals surface area contributed by atoms with Crippen molar-refractivity contribution in [2.45, 2.75) is 26.4 Å². The summed E-state index contributed by atoms with van der Waals surface area (Å²) in [6.07, 6.45) is 3.43. The van der Waals surface area contributed by atoms with Crippen LogP contribution < -0.4 is 5.32 Å². The van der Waals surface area contributed by atoms with E-state index >= 15 is 0 Å². The van der Waals surface area contributed by atoms with E-state index in [0.717, 1.165) is 16.8 Å². The second-order valence-corrected chi connectivity index (χ2v) is 6.97. The van der Waals surface area contributed by atoms with Crippen LogP contribution in [0.4, 0.5) is 11.5 Å². The van der Waals surface area contributed by atoms with E-state index in [2.05, 4.69) is 20.3 Å². The number of hydrogen-bond acceptors (Lipinski definition) is 6. The van der Waals surface area contributed by atoms with Crippen LogP contribution in [0.2, 0.25) is 0 Å². The molecule has 0 fully saturated rings. The highest BCUT2D eigenvalue weighted by atomic mass is 16.6. The third kappa shape index (κ3) is 3.77. The largest absolute Gasteiger partial charge is 0.379 e. The van der Waals surface area contributed by atoms with Crippen LogP contribution in [0.15, 0.2) is 61.1 Å². The Morgan fingerprint density at radius 3 is 2.59 bits per heavy atom. The van der Waals surface area contributed by atoms with Gasteiger partial charge < -0.3 is 15.4 Å². The molecular weight excluding hydrogens is 368 g/mol. The average molecular weight is 388 g/mol. The number of benzene rings is 1. The van der Waals surface area contributed by atoms with Gasteiger partial charge in [-0.2, -0.15) is 0 Å². The Kier molecular flexibility index (Phi) is 4.90. The van der Waals surface area contributed by atoms with Gasteiger partial charge in [0, 0.05) is 24.3 Å². The van der Waals surface area contributed by atoms with Gasteiger partial charge in [0.2, 0.25) is 0 Å².